The summed E-state index contributed by atoms with van der Waals surface area (Å²) in [6.07, 6.45) is 4.16. The zero-order valence-corrected chi connectivity index (χ0v) is 18.8. The van der Waals surface area contributed by atoms with E-state index in [0.717, 1.165) is 23.6 Å². The molecule has 0 unspecified atom stereocenters. The number of amides is 1. The largest absolute Gasteiger partial charge is 0.383 e. The number of ether oxygens (including phenoxy) is 1. The maximum Gasteiger partial charge on any atom is 0.226 e. The van der Waals surface area contributed by atoms with Crippen LogP contribution in [0.15, 0.2) is 73.1 Å². The Morgan fingerprint density at radius 1 is 1.12 bits per heavy atom. The molecule has 3 aromatic rings. The number of anilines is 1. The van der Waals surface area contributed by atoms with Crippen LogP contribution in [0.1, 0.15) is 29.9 Å². The van der Waals surface area contributed by atoms with Gasteiger partial charge < -0.3 is 24.8 Å². The number of nitrogens with one attached hydrogen (secondary N) is 2. The monoisotopic (exact) mass is 449 g/mol. The molecule has 0 bridgehead atoms. The Kier molecular flexibility index (Phi) is 7.14. The summed E-state index contributed by atoms with van der Waals surface area (Å²) in [5, 5.41) is 7.01. The fraction of sp³-hybridized carbons (Fsp3) is 0.292. The molecule has 2 aromatic heterocycles. The van der Waals surface area contributed by atoms with Crippen molar-refractivity contribution in [2.75, 3.05) is 25.6 Å². The molecule has 2 N–H and O–H groups in total. The average Bonchev–Trinajstić information content (AvgIpc) is 3.41. The van der Waals surface area contributed by atoms with Gasteiger partial charge in [-0.1, -0.05) is 24.3 Å². The van der Waals surface area contributed by atoms with Gasteiger partial charge in [-0.05, 0) is 48.6 Å². The number of carbonyl (C=O) groups is 1. The minimum absolute atomic E-state index is 0.0474. The quantitative estimate of drug-likeness (QED) is 0.487. The van der Waals surface area contributed by atoms with E-state index in [1.807, 2.05) is 60.8 Å². The van der Waals surface area contributed by atoms with E-state index >= 15 is 0 Å². The predicted octanol–water partition coefficient (Wildman–Crippen LogP) is 3.53. The van der Waals surface area contributed by atoms with Gasteiger partial charge in [0.05, 0.1) is 24.4 Å². The summed E-state index contributed by atoms with van der Waals surface area (Å²) in [4.78, 5) is 19.3. The van der Waals surface area contributed by atoms with Gasteiger partial charge in [0.2, 0.25) is 5.91 Å². The molecule has 1 aromatic carbocycles. The minimum atomic E-state index is -0.114. The highest BCUT2D eigenvalue weighted by molar-refractivity contribution is 7.80. The molecule has 166 valence electrons. The van der Waals surface area contributed by atoms with Crippen molar-refractivity contribution in [2.24, 2.45) is 0 Å². The fourth-order valence-corrected chi connectivity index (χ4v) is 4.36. The maximum absolute atomic E-state index is 12.6. The molecule has 3 heterocycles. The van der Waals surface area contributed by atoms with E-state index in [1.54, 1.807) is 13.3 Å². The number of hydrogen-bond acceptors (Lipinski definition) is 4. The Balaban J connectivity index is 1.56. The van der Waals surface area contributed by atoms with E-state index in [0.29, 0.717) is 24.7 Å². The summed E-state index contributed by atoms with van der Waals surface area (Å²) < 4.78 is 7.46. The van der Waals surface area contributed by atoms with E-state index in [2.05, 4.69) is 31.2 Å². The number of thiocarbonyl (C=S) groups is 1. The van der Waals surface area contributed by atoms with Gasteiger partial charge in [-0.15, -0.1) is 0 Å². The average molecular weight is 450 g/mol. The highest BCUT2D eigenvalue weighted by atomic mass is 32.1. The van der Waals surface area contributed by atoms with Crippen molar-refractivity contribution in [3.63, 3.8) is 0 Å². The van der Waals surface area contributed by atoms with Gasteiger partial charge in [0, 0.05) is 50.4 Å². The summed E-state index contributed by atoms with van der Waals surface area (Å²) >= 11 is 5.70. The summed E-state index contributed by atoms with van der Waals surface area (Å²) in [5.41, 5.74) is 2.81. The van der Waals surface area contributed by atoms with Crippen LogP contribution in [0.3, 0.4) is 0 Å². The molecule has 1 saturated heterocycles. The van der Waals surface area contributed by atoms with Gasteiger partial charge in [0.15, 0.2) is 5.11 Å². The van der Waals surface area contributed by atoms with Crippen LogP contribution in [0.25, 0.3) is 0 Å². The second-order valence-electron chi connectivity index (χ2n) is 7.60. The summed E-state index contributed by atoms with van der Waals surface area (Å²) in [7, 11) is 1.70. The van der Waals surface area contributed by atoms with Crippen LogP contribution in [-0.2, 0) is 16.1 Å². The lowest BCUT2D eigenvalue weighted by Crippen LogP contribution is -2.33. The molecular formula is C24H27N5O2S. The van der Waals surface area contributed by atoms with Crippen LogP contribution in [0, 0.1) is 0 Å². The number of rotatable bonds is 9. The highest BCUT2D eigenvalue weighted by Crippen LogP contribution is 2.38. The third-order valence-corrected chi connectivity index (χ3v) is 5.89. The van der Waals surface area contributed by atoms with E-state index in [9.17, 15) is 4.79 Å². The Hall–Kier alpha value is -3.23. The first-order valence-corrected chi connectivity index (χ1v) is 11.0. The topological polar surface area (TPSA) is 71.4 Å². The van der Waals surface area contributed by atoms with Gasteiger partial charge in [-0.2, -0.15) is 0 Å². The van der Waals surface area contributed by atoms with E-state index in [1.165, 1.54) is 0 Å². The molecule has 8 heteroatoms. The highest BCUT2D eigenvalue weighted by Gasteiger charge is 2.41. The number of hydrogen-bond donors (Lipinski definition) is 2. The Morgan fingerprint density at radius 3 is 2.69 bits per heavy atom. The SMILES string of the molecule is COCCn1cccc1[C@H]1[C@@H](c2ccccn2)NC(=S)N1CCC(=O)Nc1ccccc1. The second kappa shape index (κ2) is 10.4. The van der Waals surface area contributed by atoms with Crippen molar-refractivity contribution in [1.29, 1.82) is 0 Å². The number of nitrogens with zero attached hydrogens (tertiary/aromatic N) is 3. The van der Waals surface area contributed by atoms with Crippen LogP contribution >= 0.6 is 12.2 Å². The molecule has 1 aliphatic heterocycles. The normalized spacial score (nSPS) is 17.9. The smallest absolute Gasteiger partial charge is 0.226 e. The van der Waals surface area contributed by atoms with Crippen molar-refractivity contribution < 1.29 is 9.53 Å². The van der Waals surface area contributed by atoms with Crippen molar-refractivity contribution in [2.45, 2.75) is 25.0 Å². The van der Waals surface area contributed by atoms with Crippen LogP contribution in [0.5, 0.6) is 0 Å². The van der Waals surface area contributed by atoms with Crippen LogP contribution in [-0.4, -0.2) is 45.7 Å². The van der Waals surface area contributed by atoms with Gasteiger partial charge in [-0.25, -0.2) is 0 Å². The lowest BCUT2D eigenvalue weighted by atomic mass is 10.0. The third-order valence-electron chi connectivity index (χ3n) is 5.54. The number of aromatic nitrogens is 2. The van der Waals surface area contributed by atoms with Crippen LogP contribution in [0.4, 0.5) is 5.69 Å². The minimum Gasteiger partial charge on any atom is -0.383 e. The lowest BCUT2D eigenvalue weighted by Gasteiger charge is -2.28. The molecule has 0 aliphatic carbocycles. The molecule has 1 fully saturated rings. The van der Waals surface area contributed by atoms with E-state index in [-0.39, 0.29) is 18.0 Å². The molecule has 0 saturated carbocycles. The fourth-order valence-electron chi connectivity index (χ4n) is 4.02. The summed E-state index contributed by atoms with van der Waals surface area (Å²) in [6, 6.07) is 19.3. The summed E-state index contributed by atoms with van der Waals surface area (Å²) in [6.45, 7) is 1.84. The molecule has 0 spiro atoms. The molecule has 32 heavy (non-hydrogen) atoms. The molecule has 2 atom stereocenters. The number of pyridine rings is 1. The van der Waals surface area contributed by atoms with Crippen LogP contribution in [0.2, 0.25) is 0 Å². The molecule has 1 aliphatic rings. The van der Waals surface area contributed by atoms with E-state index < -0.39 is 0 Å². The van der Waals surface area contributed by atoms with Gasteiger partial charge in [0.1, 0.15) is 0 Å². The van der Waals surface area contributed by atoms with Crippen molar-refractivity contribution in [3.8, 4) is 0 Å². The van der Waals surface area contributed by atoms with E-state index in [4.69, 9.17) is 17.0 Å². The first-order valence-electron chi connectivity index (χ1n) is 10.6. The Bertz CT molecular complexity index is 1040. The summed E-state index contributed by atoms with van der Waals surface area (Å²) in [5.74, 6) is -0.0474. The first kappa shape index (κ1) is 22.0. The molecule has 7 nitrogen and oxygen atoms in total. The molecule has 0 radical (unpaired) electrons. The second-order valence-corrected chi connectivity index (χ2v) is 7.99. The van der Waals surface area contributed by atoms with Crippen molar-refractivity contribution in [3.05, 3.63) is 84.4 Å². The number of carbonyl (C=O) groups excluding carboxylic acids is 1. The zero-order valence-electron chi connectivity index (χ0n) is 18.0. The standard InChI is InChI=1S/C24H27N5O2S/c1-31-17-16-28-14-7-11-20(28)23-22(19-10-5-6-13-25-19)27-24(32)29(23)15-12-21(30)26-18-8-3-2-4-9-18/h2-11,13-14,22-23H,12,15-17H2,1H3,(H,26,30)(H,27,32)/t22-,23+/m1/s1. The lowest BCUT2D eigenvalue weighted by molar-refractivity contribution is -0.116. The van der Waals surface area contributed by atoms with Crippen molar-refractivity contribution >= 4 is 28.9 Å². The number of para-hydroxylation sites is 1. The van der Waals surface area contributed by atoms with Crippen LogP contribution < -0.4 is 10.6 Å². The van der Waals surface area contributed by atoms with Gasteiger partial charge in [-0.3, -0.25) is 9.78 Å². The van der Waals surface area contributed by atoms with Gasteiger partial charge in [0.25, 0.3) is 0 Å². The Labute approximate surface area is 193 Å². The maximum atomic E-state index is 12.6. The zero-order chi connectivity index (χ0) is 22.3. The molecule has 4 rings (SSSR count). The first-order chi connectivity index (χ1) is 15.7. The van der Waals surface area contributed by atoms with Gasteiger partial charge >= 0.3 is 0 Å². The predicted molar refractivity (Wildman–Crippen MR) is 128 cm³/mol. The van der Waals surface area contributed by atoms with Crippen molar-refractivity contribution in [1.82, 2.24) is 19.8 Å². The number of methoxy groups -OCH3 is 1. The third kappa shape index (κ3) is 4.98. The Morgan fingerprint density at radius 2 is 1.94 bits per heavy atom. The molecular weight excluding hydrogens is 422 g/mol. The number of benzene rings is 1. The molecule has 1 amide bonds.